The highest BCUT2D eigenvalue weighted by Crippen LogP contribution is 2.17. The number of nitrogens with zero attached hydrogens (tertiary/aromatic N) is 4. The molecule has 0 saturated heterocycles. The zero-order valence-corrected chi connectivity index (χ0v) is 13.3. The SMILES string of the molecule is C=CCn1c(=O)n(CC=C)c(=O)n(Cc2ccccc2[N+](=O)[O-])c1=O. The molecule has 0 radical (unpaired) electrons. The van der Waals surface area contributed by atoms with Gasteiger partial charge in [0.1, 0.15) is 0 Å². The highest BCUT2D eigenvalue weighted by Gasteiger charge is 2.18. The van der Waals surface area contributed by atoms with E-state index < -0.39 is 22.0 Å². The predicted octanol–water partition coefficient (Wildman–Crippen LogP) is 0.500. The maximum atomic E-state index is 12.5. The number of aromatic nitrogens is 3. The van der Waals surface area contributed by atoms with Gasteiger partial charge in [0.15, 0.2) is 0 Å². The number of para-hydroxylation sites is 1. The van der Waals surface area contributed by atoms with Crippen LogP contribution in [0.4, 0.5) is 5.69 Å². The summed E-state index contributed by atoms with van der Waals surface area (Å²) in [6, 6.07) is 5.78. The van der Waals surface area contributed by atoms with Gasteiger partial charge in [0, 0.05) is 11.6 Å². The number of nitro groups is 1. The fraction of sp³-hybridized carbons (Fsp3) is 0.188. The van der Waals surface area contributed by atoms with Crippen LogP contribution in [0, 0.1) is 10.1 Å². The predicted molar refractivity (Wildman–Crippen MR) is 91.8 cm³/mol. The van der Waals surface area contributed by atoms with Gasteiger partial charge < -0.3 is 0 Å². The van der Waals surface area contributed by atoms with E-state index in [1.54, 1.807) is 6.07 Å². The van der Waals surface area contributed by atoms with Gasteiger partial charge in [0.2, 0.25) is 0 Å². The molecule has 0 aliphatic heterocycles. The molecule has 1 aromatic heterocycles. The molecule has 0 amide bonds. The molecular formula is C16H16N4O5. The second-order valence-electron chi connectivity index (χ2n) is 5.12. The first-order valence-electron chi connectivity index (χ1n) is 7.31. The minimum atomic E-state index is -0.853. The van der Waals surface area contributed by atoms with Crippen molar-refractivity contribution in [3.05, 3.63) is 96.7 Å². The van der Waals surface area contributed by atoms with Crippen LogP contribution < -0.4 is 17.1 Å². The lowest BCUT2D eigenvalue weighted by Crippen LogP contribution is -2.54. The molecular weight excluding hydrogens is 328 g/mol. The van der Waals surface area contributed by atoms with E-state index in [4.69, 9.17) is 0 Å². The van der Waals surface area contributed by atoms with E-state index in [1.807, 2.05) is 0 Å². The maximum Gasteiger partial charge on any atom is 0.336 e. The smallest absolute Gasteiger partial charge is 0.258 e. The number of hydrogen-bond acceptors (Lipinski definition) is 5. The molecule has 0 atom stereocenters. The molecule has 25 heavy (non-hydrogen) atoms. The number of rotatable bonds is 7. The van der Waals surface area contributed by atoms with Gasteiger partial charge in [0.05, 0.1) is 24.6 Å². The van der Waals surface area contributed by atoms with Crippen LogP contribution in [0.1, 0.15) is 5.56 Å². The summed E-state index contributed by atoms with van der Waals surface area (Å²) in [6.45, 7) is 6.45. The first kappa shape index (κ1) is 17.9. The third-order valence-corrected chi connectivity index (χ3v) is 3.53. The number of benzene rings is 1. The van der Waals surface area contributed by atoms with E-state index >= 15 is 0 Å². The van der Waals surface area contributed by atoms with E-state index in [0.717, 1.165) is 13.7 Å². The molecule has 2 aromatic rings. The van der Waals surface area contributed by atoms with E-state index in [1.165, 1.54) is 30.4 Å². The Hall–Kier alpha value is -3.49. The summed E-state index contributed by atoms with van der Waals surface area (Å²) >= 11 is 0. The quantitative estimate of drug-likeness (QED) is 0.413. The average molecular weight is 344 g/mol. The summed E-state index contributed by atoms with van der Waals surface area (Å²) in [5, 5.41) is 11.1. The molecule has 0 N–H and O–H groups in total. The third kappa shape index (κ3) is 3.39. The number of allylic oxidation sites excluding steroid dienone is 2. The Morgan fingerprint density at radius 1 is 0.920 bits per heavy atom. The Labute approximate surface area is 141 Å². The first-order chi connectivity index (χ1) is 11.9. The van der Waals surface area contributed by atoms with Crippen LogP contribution in [0.25, 0.3) is 0 Å². The molecule has 9 nitrogen and oxygen atoms in total. The van der Waals surface area contributed by atoms with Crippen molar-refractivity contribution in [3.8, 4) is 0 Å². The van der Waals surface area contributed by atoms with Crippen molar-refractivity contribution in [2.24, 2.45) is 0 Å². The molecule has 0 aliphatic rings. The summed E-state index contributed by atoms with van der Waals surface area (Å²) in [7, 11) is 0. The third-order valence-electron chi connectivity index (χ3n) is 3.53. The standard InChI is InChI=1S/C16H16N4O5/c1-3-9-17-14(21)18(10-4-2)16(23)19(15(17)22)11-12-7-5-6-8-13(12)20(24)25/h3-8H,1-2,9-11H2. The van der Waals surface area contributed by atoms with Crippen LogP contribution in [0.3, 0.4) is 0 Å². The Morgan fingerprint density at radius 2 is 1.40 bits per heavy atom. The normalized spacial score (nSPS) is 10.4. The zero-order valence-electron chi connectivity index (χ0n) is 13.3. The largest absolute Gasteiger partial charge is 0.336 e. The van der Waals surface area contributed by atoms with Crippen LogP contribution in [-0.2, 0) is 19.6 Å². The van der Waals surface area contributed by atoms with Crippen molar-refractivity contribution in [2.45, 2.75) is 19.6 Å². The van der Waals surface area contributed by atoms with Gasteiger partial charge in [-0.05, 0) is 0 Å². The second-order valence-corrected chi connectivity index (χ2v) is 5.12. The first-order valence-corrected chi connectivity index (χ1v) is 7.31. The lowest BCUT2D eigenvalue weighted by atomic mass is 10.2. The Kier molecular flexibility index (Phi) is 5.28. The summed E-state index contributed by atoms with van der Waals surface area (Å²) in [6.07, 6.45) is 2.70. The lowest BCUT2D eigenvalue weighted by molar-refractivity contribution is -0.385. The van der Waals surface area contributed by atoms with Crippen molar-refractivity contribution in [3.63, 3.8) is 0 Å². The molecule has 9 heteroatoms. The molecule has 2 rings (SSSR count). The maximum absolute atomic E-state index is 12.5. The summed E-state index contributed by atoms with van der Waals surface area (Å²) in [5.41, 5.74) is -2.53. The number of hydrogen-bond donors (Lipinski definition) is 0. The molecule has 1 aromatic carbocycles. The summed E-state index contributed by atoms with van der Waals surface area (Å²) < 4.78 is 2.47. The van der Waals surface area contributed by atoms with Gasteiger partial charge in [-0.25, -0.2) is 28.1 Å². The van der Waals surface area contributed by atoms with Crippen molar-refractivity contribution in [2.75, 3.05) is 0 Å². The van der Waals surface area contributed by atoms with E-state index in [9.17, 15) is 24.5 Å². The number of nitro benzene ring substituents is 1. The Bertz CT molecular complexity index is 964. The Morgan fingerprint density at radius 3 is 1.88 bits per heavy atom. The van der Waals surface area contributed by atoms with Crippen LogP contribution >= 0.6 is 0 Å². The topological polar surface area (TPSA) is 109 Å². The molecule has 0 fully saturated rings. The highest BCUT2D eigenvalue weighted by molar-refractivity contribution is 5.39. The van der Waals surface area contributed by atoms with E-state index in [0.29, 0.717) is 0 Å². The van der Waals surface area contributed by atoms with Crippen LogP contribution in [0.5, 0.6) is 0 Å². The molecule has 130 valence electrons. The minimum absolute atomic E-state index is 0.0913. The molecule has 0 spiro atoms. The van der Waals surface area contributed by atoms with E-state index in [2.05, 4.69) is 13.2 Å². The average Bonchev–Trinajstić information content (AvgIpc) is 2.59. The van der Waals surface area contributed by atoms with Gasteiger partial charge in [-0.2, -0.15) is 0 Å². The fourth-order valence-corrected chi connectivity index (χ4v) is 2.38. The van der Waals surface area contributed by atoms with Crippen LogP contribution in [-0.4, -0.2) is 18.6 Å². The molecule has 0 aliphatic carbocycles. The Balaban J connectivity index is 2.74. The highest BCUT2D eigenvalue weighted by atomic mass is 16.6. The van der Waals surface area contributed by atoms with Crippen molar-refractivity contribution < 1.29 is 4.92 Å². The van der Waals surface area contributed by atoms with Crippen LogP contribution in [0.2, 0.25) is 0 Å². The fourth-order valence-electron chi connectivity index (χ4n) is 2.38. The molecule has 0 unspecified atom stereocenters. The van der Waals surface area contributed by atoms with Crippen molar-refractivity contribution in [1.29, 1.82) is 0 Å². The van der Waals surface area contributed by atoms with Crippen LogP contribution in [0.15, 0.2) is 64.0 Å². The summed E-state index contributed by atoms with van der Waals surface area (Å²) in [4.78, 5) is 47.8. The molecule has 0 bridgehead atoms. The van der Waals surface area contributed by atoms with E-state index in [-0.39, 0.29) is 30.9 Å². The van der Waals surface area contributed by atoms with Gasteiger partial charge in [-0.3, -0.25) is 10.1 Å². The molecule has 0 saturated carbocycles. The summed E-state index contributed by atoms with van der Waals surface area (Å²) in [5.74, 6) is 0. The lowest BCUT2D eigenvalue weighted by Gasteiger charge is -2.12. The van der Waals surface area contributed by atoms with Gasteiger partial charge in [-0.15, -0.1) is 13.2 Å². The molecule has 1 heterocycles. The minimum Gasteiger partial charge on any atom is -0.258 e. The van der Waals surface area contributed by atoms with Gasteiger partial charge in [0.25, 0.3) is 5.69 Å². The zero-order chi connectivity index (χ0) is 18.6. The van der Waals surface area contributed by atoms with Crippen molar-refractivity contribution >= 4 is 5.69 Å². The van der Waals surface area contributed by atoms with Crippen molar-refractivity contribution in [1.82, 2.24) is 13.7 Å². The van der Waals surface area contributed by atoms with Gasteiger partial charge >= 0.3 is 17.1 Å². The van der Waals surface area contributed by atoms with Gasteiger partial charge in [-0.1, -0.05) is 30.4 Å². The second kappa shape index (κ2) is 7.39. The monoisotopic (exact) mass is 344 g/mol.